The van der Waals surface area contributed by atoms with Crippen LogP contribution in [0.4, 0.5) is 0 Å². The van der Waals surface area contributed by atoms with Crippen LogP contribution in [0.3, 0.4) is 0 Å². The Labute approximate surface area is 420 Å². The first-order valence-corrected chi connectivity index (χ1v) is 21.8. The number of terminal acetylenes is 1. The van der Waals surface area contributed by atoms with E-state index >= 15 is 0 Å². The van der Waals surface area contributed by atoms with Crippen LogP contribution in [0.5, 0.6) is 0 Å². The Kier molecular flexibility index (Phi) is 46.5. The van der Waals surface area contributed by atoms with Crippen molar-refractivity contribution in [1.82, 2.24) is 0 Å². The lowest BCUT2D eigenvalue weighted by Crippen LogP contribution is -2.16. The van der Waals surface area contributed by atoms with Crippen molar-refractivity contribution in [3.8, 4) is 12.8 Å². The zero-order valence-electron chi connectivity index (χ0n) is 40.5. The number of carbonyl (C=O) groups excluding carboxylic acids is 4. The Bertz CT molecular complexity index is 1930. The quantitative estimate of drug-likeness (QED) is 0.0123. The maximum Gasteiger partial charge on any atom is 0.344 e. The average Bonchev–Trinajstić information content (AvgIpc) is 3.36. The molecule has 0 atom stereocenters. The minimum atomic E-state index is -1.20. The molecular weight excluding hydrogens is 953 g/mol. The van der Waals surface area contributed by atoms with Gasteiger partial charge in [-0.1, -0.05) is 105 Å². The van der Waals surface area contributed by atoms with Gasteiger partial charge in [0.15, 0.2) is 19.8 Å². The molecule has 22 heteroatoms. The van der Waals surface area contributed by atoms with E-state index in [9.17, 15) is 38.4 Å². The first-order valence-electron chi connectivity index (χ1n) is 22.3. The Balaban J connectivity index is -0.000000979. The van der Waals surface area contributed by atoms with E-state index in [1.54, 1.807) is 6.92 Å². The molecule has 0 saturated carbocycles. The molecule has 0 aromatic heterocycles. The molecule has 0 aliphatic rings. The molecule has 3 rings (SSSR count). The molecule has 0 saturated heterocycles. The van der Waals surface area contributed by atoms with Gasteiger partial charge in [-0.2, -0.15) is 0 Å². The van der Waals surface area contributed by atoms with Crippen molar-refractivity contribution in [2.24, 2.45) is 0 Å². The monoisotopic (exact) mass is 1020 g/mol. The van der Waals surface area contributed by atoms with Crippen LogP contribution in [0.1, 0.15) is 96.6 Å². The molecule has 0 spiro atoms. The van der Waals surface area contributed by atoms with Crippen molar-refractivity contribution in [3.63, 3.8) is 0 Å². The Hall–Kier alpha value is -7.26. The number of hydrogen-bond acceptors (Lipinski definition) is 18. The number of carboxylic acid groups (broad SMARTS) is 4. The van der Waals surface area contributed by atoms with Gasteiger partial charge in [-0.3, -0.25) is 24.0 Å². The Morgan fingerprint density at radius 3 is 1.21 bits per heavy atom. The van der Waals surface area contributed by atoms with Gasteiger partial charge in [-0.15, -0.1) is 12.8 Å². The summed E-state index contributed by atoms with van der Waals surface area (Å²) in [6.07, 6.45) is 8.63. The average molecular weight is 1020 g/mol. The topological polar surface area (TPSA) is 310 Å². The molecule has 400 valence electrons. The van der Waals surface area contributed by atoms with Crippen LogP contribution >= 0.6 is 0 Å². The number of carboxylic acids is 4. The van der Waals surface area contributed by atoms with Crippen molar-refractivity contribution in [2.45, 2.75) is 98.4 Å². The van der Waals surface area contributed by atoms with Crippen LogP contribution in [0.2, 0.25) is 0 Å². The van der Waals surface area contributed by atoms with Crippen LogP contribution in [0.15, 0.2) is 91.0 Å². The van der Waals surface area contributed by atoms with E-state index in [4.69, 9.17) is 55.6 Å². The number of hydrogen-bond donors (Lipinski definition) is 4. The number of benzene rings is 3. The van der Waals surface area contributed by atoms with Gasteiger partial charge >= 0.3 is 47.8 Å². The SMILES string of the molecule is C.CCC(=O)OCc1ccccc1.O=C(CCCCOOCCOOCc1ccccc1)OCC(=O)OCc1ccccc1.O=C(O)CCCC(=O)O.O=C(O)COOCCCCC(=O)OCC(=O)O.[2H]C#C. The molecule has 0 radical (unpaired) electrons. The third-order valence-electron chi connectivity index (χ3n) is 7.73. The minimum absolute atomic E-state index is 0. The van der Waals surface area contributed by atoms with E-state index < -0.39 is 61.6 Å². The van der Waals surface area contributed by atoms with E-state index in [0.717, 1.165) is 16.7 Å². The zero-order chi connectivity index (χ0) is 53.9. The smallest absolute Gasteiger partial charge is 0.344 e. The van der Waals surface area contributed by atoms with E-state index in [2.05, 4.69) is 20.9 Å². The summed E-state index contributed by atoms with van der Waals surface area (Å²) < 4.78 is 25.0. The molecule has 22 nitrogen and oxygen atoms in total. The van der Waals surface area contributed by atoms with Gasteiger partial charge in [-0.05, 0) is 48.8 Å². The summed E-state index contributed by atoms with van der Waals surface area (Å²) in [6, 6.07) is 28.6. The largest absolute Gasteiger partial charge is 0.481 e. The molecule has 0 heterocycles. The number of ether oxygens (including phenoxy) is 4. The fourth-order valence-corrected chi connectivity index (χ4v) is 4.38. The van der Waals surface area contributed by atoms with Gasteiger partial charge in [-0.25, -0.2) is 43.7 Å². The van der Waals surface area contributed by atoms with Crippen LogP contribution in [-0.4, -0.2) is 114 Å². The van der Waals surface area contributed by atoms with Gasteiger partial charge in [0.2, 0.25) is 0 Å². The second kappa shape index (κ2) is 50.1. The highest BCUT2D eigenvalue weighted by Gasteiger charge is 2.10. The highest BCUT2D eigenvalue weighted by molar-refractivity contribution is 5.76. The summed E-state index contributed by atoms with van der Waals surface area (Å²) in [4.78, 5) is 113. The third kappa shape index (κ3) is 50.6. The second-order valence-electron chi connectivity index (χ2n) is 13.6. The number of unbranched alkanes of at least 4 members (excludes halogenated alkanes) is 2. The standard InChI is InChI=1S/C23H28O8.C10H12O2.C9H14O8.C5H8O4.C2H2.CH4/c24-22(27-19-23(25)26-17-20-9-3-1-4-10-20)13-7-8-14-28-29-15-16-30-31-18-21-11-5-2-6-12-21;1-2-10(11)12-8-9-6-4-3-5-7-9;10-7(11)5-15-9(14)3-1-2-4-16-17-6-8(12)13;6-4(7)2-1-3-5(8)9;1-2;/h1-6,9-12H,7-8,13-19H2;3-7H,2,8H2,1H3;1-6H2,(H,10,11)(H,12,13);1-3H2,(H,6,7)(H,8,9);1-2H;1H4/i;;;;1D;. The van der Waals surface area contributed by atoms with Gasteiger partial charge < -0.3 is 39.4 Å². The van der Waals surface area contributed by atoms with Crippen LogP contribution in [0, 0.1) is 12.8 Å². The summed E-state index contributed by atoms with van der Waals surface area (Å²) in [6.45, 7) is 2.05. The minimum Gasteiger partial charge on any atom is -0.481 e. The lowest BCUT2D eigenvalue weighted by Gasteiger charge is -2.07. The lowest BCUT2D eigenvalue weighted by atomic mass is 10.2. The van der Waals surface area contributed by atoms with Gasteiger partial charge in [0.1, 0.15) is 34.4 Å². The maximum absolute atomic E-state index is 11.6. The summed E-state index contributed by atoms with van der Waals surface area (Å²) in [5, 5.41) is 32.5. The van der Waals surface area contributed by atoms with Crippen molar-refractivity contribution in [3.05, 3.63) is 108 Å². The molecular formula is C50H68O22. The van der Waals surface area contributed by atoms with E-state index in [-0.39, 0.29) is 71.9 Å². The molecule has 0 amide bonds. The van der Waals surface area contributed by atoms with Crippen LogP contribution in [-0.2, 0) is 106 Å². The zero-order valence-corrected chi connectivity index (χ0v) is 39.5. The van der Waals surface area contributed by atoms with E-state index in [0.29, 0.717) is 51.9 Å². The molecule has 72 heavy (non-hydrogen) atoms. The van der Waals surface area contributed by atoms with E-state index in [1.807, 2.05) is 91.0 Å². The van der Waals surface area contributed by atoms with Crippen molar-refractivity contribution in [2.75, 3.05) is 46.2 Å². The third-order valence-corrected chi connectivity index (χ3v) is 7.73. The van der Waals surface area contributed by atoms with Crippen LogP contribution < -0.4 is 0 Å². The molecule has 0 unspecified atom stereocenters. The van der Waals surface area contributed by atoms with Gasteiger partial charge in [0.25, 0.3) is 0 Å². The van der Waals surface area contributed by atoms with Crippen molar-refractivity contribution < 1.29 is 108 Å². The van der Waals surface area contributed by atoms with Gasteiger partial charge in [0.05, 0.1) is 13.2 Å². The highest BCUT2D eigenvalue weighted by atomic mass is 17.2. The second-order valence-corrected chi connectivity index (χ2v) is 13.6. The number of rotatable bonds is 33. The predicted octanol–water partition coefficient (Wildman–Crippen LogP) is 6.71. The number of esters is 4. The first-order chi connectivity index (χ1) is 34.6. The molecule has 3 aromatic rings. The van der Waals surface area contributed by atoms with Crippen molar-refractivity contribution >= 4 is 47.8 Å². The lowest BCUT2D eigenvalue weighted by molar-refractivity contribution is -0.345. The molecule has 3 aromatic carbocycles. The molecule has 0 aliphatic carbocycles. The van der Waals surface area contributed by atoms with Crippen molar-refractivity contribution in [1.29, 1.82) is 0 Å². The van der Waals surface area contributed by atoms with E-state index in [1.165, 1.54) is 6.40 Å². The molecule has 0 bridgehead atoms. The Morgan fingerprint density at radius 1 is 0.417 bits per heavy atom. The number of aliphatic carboxylic acids is 4. The Morgan fingerprint density at radius 2 is 0.792 bits per heavy atom. The highest BCUT2D eigenvalue weighted by Crippen LogP contribution is 2.05. The molecule has 0 aliphatic heterocycles. The number of carbonyl (C=O) groups is 8. The first kappa shape index (κ1) is 66.8. The summed E-state index contributed by atoms with van der Waals surface area (Å²) >= 11 is 0. The molecule has 0 fully saturated rings. The molecule has 4 N–H and O–H groups in total. The van der Waals surface area contributed by atoms with Gasteiger partial charge in [0, 0.05) is 32.1 Å². The summed E-state index contributed by atoms with van der Waals surface area (Å²) in [7, 11) is 0. The maximum atomic E-state index is 11.6. The fraction of sp³-hybridized carbons (Fsp3) is 0.440. The predicted molar refractivity (Wildman–Crippen MR) is 254 cm³/mol. The summed E-state index contributed by atoms with van der Waals surface area (Å²) in [5.74, 6) is -6.03. The summed E-state index contributed by atoms with van der Waals surface area (Å²) in [5.41, 5.74) is 2.91. The fourth-order valence-electron chi connectivity index (χ4n) is 4.38. The normalized spacial score (nSPS) is 9.69. The van der Waals surface area contributed by atoms with Crippen LogP contribution in [0.25, 0.3) is 0 Å².